The van der Waals surface area contributed by atoms with Crippen LogP contribution in [0, 0.1) is 0 Å². The third kappa shape index (κ3) is 6.60. The molecule has 0 unspecified atom stereocenters. The fraction of sp³-hybridized carbons (Fsp3) is 0.467. The number of ether oxygens (including phenoxy) is 1. The van der Waals surface area contributed by atoms with Gasteiger partial charge in [-0.2, -0.15) is 0 Å². The maximum absolute atomic E-state index is 11.8. The molecule has 0 atom stereocenters. The number of nitrogens with one attached hydrogen (secondary N) is 1. The maximum atomic E-state index is 11.8. The molecule has 0 saturated heterocycles. The fourth-order valence-electron chi connectivity index (χ4n) is 1.52. The Balaban J connectivity index is 2.21. The molecule has 1 aromatic rings. The standard InChI is InChI=1S/C15H21NO3/c1-15(2,3)19-14(18)16-11-7-10-13(17)12-8-5-4-6-9-12/h4-6,8-9H,7,10-11H2,1-3H3,(H,16,18). The molecule has 0 aliphatic carbocycles. The summed E-state index contributed by atoms with van der Waals surface area (Å²) in [7, 11) is 0. The first-order valence-electron chi connectivity index (χ1n) is 6.43. The van der Waals surface area contributed by atoms with Gasteiger partial charge in [0.1, 0.15) is 5.60 Å². The molecule has 104 valence electrons. The first-order valence-corrected chi connectivity index (χ1v) is 6.43. The van der Waals surface area contributed by atoms with Crippen LogP contribution in [0.5, 0.6) is 0 Å². The first-order chi connectivity index (χ1) is 8.88. The molecule has 0 bridgehead atoms. The van der Waals surface area contributed by atoms with Crippen LogP contribution in [-0.2, 0) is 4.74 Å². The molecule has 4 heteroatoms. The molecule has 1 amide bonds. The lowest BCUT2D eigenvalue weighted by Crippen LogP contribution is -2.33. The van der Waals surface area contributed by atoms with E-state index in [4.69, 9.17) is 4.74 Å². The normalized spacial score (nSPS) is 10.9. The fourth-order valence-corrected chi connectivity index (χ4v) is 1.52. The highest BCUT2D eigenvalue weighted by molar-refractivity contribution is 5.95. The van der Waals surface area contributed by atoms with Gasteiger partial charge in [-0.05, 0) is 27.2 Å². The maximum Gasteiger partial charge on any atom is 0.407 e. The predicted octanol–water partition coefficient (Wildman–Crippen LogP) is 3.17. The average molecular weight is 263 g/mol. The van der Waals surface area contributed by atoms with Crippen LogP contribution in [0.3, 0.4) is 0 Å². The summed E-state index contributed by atoms with van der Waals surface area (Å²) < 4.78 is 5.09. The van der Waals surface area contributed by atoms with Gasteiger partial charge in [-0.25, -0.2) is 4.79 Å². The lowest BCUT2D eigenvalue weighted by Gasteiger charge is -2.19. The summed E-state index contributed by atoms with van der Waals surface area (Å²) in [5.74, 6) is 0.0894. The highest BCUT2D eigenvalue weighted by atomic mass is 16.6. The zero-order chi connectivity index (χ0) is 14.3. The molecule has 4 nitrogen and oxygen atoms in total. The summed E-state index contributed by atoms with van der Waals surface area (Å²) in [5, 5.41) is 2.63. The summed E-state index contributed by atoms with van der Waals surface area (Å²) in [6.07, 6.45) is 0.576. The number of amides is 1. The lowest BCUT2D eigenvalue weighted by molar-refractivity contribution is 0.0525. The van der Waals surface area contributed by atoms with E-state index in [1.54, 1.807) is 12.1 Å². The third-order valence-electron chi connectivity index (χ3n) is 2.34. The van der Waals surface area contributed by atoms with E-state index in [2.05, 4.69) is 5.32 Å². The Morgan fingerprint density at radius 2 is 1.79 bits per heavy atom. The van der Waals surface area contributed by atoms with Gasteiger partial charge in [0.2, 0.25) is 0 Å². The number of carbonyl (C=O) groups is 2. The summed E-state index contributed by atoms with van der Waals surface area (Å²) in [6.45, 7) is 5.87. The molecule has 1 rings (SSSR count). The van der Waals surface area contributed by atoms with Gasteiger partial charge < -0.3 is 10.1 Å². The Morgan fingerprint density at radius 3 is 2.37 bits per heavy atom. The van der Waals surface area contributed by atoms with Crippen molar-refractivity contribution in [2.75, 3.05) is 6.54 Å². The molecule has 1 N–H and O–H groups in total. The van der Waals surface area contributed by atoms with Gasteiger partial charge in [0.15, 0.2) is 5.78 Å². The minimum Gasteiger partial charge on any atom is -0.444 e. The Labute approximate surface area is 114 Å². The Kier molecular flexibility index (Phi) is 5.55. The zero-order valence-corrected chi connectivity index (χ0v) is 11.7. The third-order valence-corrected chi connectivity index (χ3v) is 2.34. The molecular weight excluding hydrogens is 242 g/mol. The molecule has 19 heavy (non-hydrogen) atoms. The number of ketones is 1. The van der Waals surface area contributed by atoms with E-state index in [1.165, 1.54) is 0 Å². The van der Waals surface area contributed by atoms with Crippen LogP contribution in [0.4, 0.5) is 4.79 Å². The number of hydrogen-bond donors (Lipinski definition) is 1. The van der Waals surface area contributed by atoms with E-state index >= 15 is 0 Å². The van der Waals surface area contributed by atoms with Crippen LogP contribution in [0.1, 0.15) is 44.0 Å². The molecule has 0 radical (unpaired) electrons. The van der Waals surface area contributed by atoms with Gasteiger partial charge in [-0.3, -0.25) is 4.79 Å². The van der Waals surface area contributed by atoms with Crippen molar-refractivity contribution in [2.24, 2.45) is 0 Å². The highest BCUT2D eigenvalue weighted by Crippen LogP contribution is 2.07. The van der Waals surface area contributed by atoms with Crippen molar-refractivity contribution >= 4 is 11.9 Å². The number of alkyl carbamates (subject to hydrolysis) is 1. The van der Waals surface area contributed by atoms with Crippen molar-refractivity contribution in [3.05, 3.63) is 35.9 Å². The van der Waals surface area contributed by atoms with E-state index < -0.39 is 11.7 Å². The van der Waals surface area contributed by atoms with Gasteiger partial charge in [-0.1, -0.05) is 30.3 Å². The van der Waals surface area contributed by atoms with Crippen molar-refractivity contribution in [3.8, 4) is 0 Å². The largest absolute Gasteiger partial charge is 0.444 e. The molecule has 0 spiro atoms. The minimum absolute atomic E-state index is 0.0894. The van der Waals surface area contributed by atoms with Gasteiger partial charge in [0.05, 0.1) is 0 Å². The lowest BCUT2D eigenvalue weighted by atomic mass is 10.1. The Hall–Kier alpha value is -1.84. The number of rotatable bonds is 5. The van der Waals surface area contributed by atoms with Crippen molar-refractivity contribution in [3.63, 3.8) is 0 Å². The molecular formula is C15H21NO3. The zero-order valence-electron chi connectivity index (χ0n) is 11.7. The molecule has 0 saturated carbocycles. The second kappa shape index (κ2) is 6.92. The Bertz CT molecular complexity index is 421. The van der Waals surface area contributed by atoms with Crippen LogP contribution in [0.2, 0.25) is 0 Å². The van der Waals surface area contributed by atoms with E-state index in [9.17, 15) is 9.59 Å². The van der Waals surface area contributed by atoms with E-state index in [0.29, 0.717) is 24.9 Å². The van der Waals surface area contributed by atoms with Crippen molar-refractivity contribution in [1.29, 1.82) is 0 Å². The summed E-state index contributed by atoms with van der Waals surface area (Å²) in [4.78, 5) is 23.1. The second-order valence-electron chi connectivity index (χ2n) is 5.32. The van der Waals surface area contributed by atoms with Crippen molar-refractivity contribution in [2.45, 2.75) is 39.2 Å². The van der Waals surface area contributed by atoms with Crippen LogP contribution in [0.15, 0.2) is 30.3 Å². The smallest absolute Gasteiger partial charge is 0.407 e. The summed E-state index contributed by atoms with van der Waals surface area (Å²) >= 11 is 0. The van der Waals surface area contributed by atoms with Crippen molar-refractivity contribution in [1.82, 2.24) is 5.32 Å². The first kappa shape index (κ1) is 15.2. The van der Waals surface area contributed by atoms with E-state index in [0.717, 1.165) is 0 Å². The van der Waals surface area contributed by atoms with Gasteiger partial charge in [0.25, 0.3) is 0 Å². The van der Waals surface area contributed by atoms with Crippen LogP contribution in [-0.4, -0.2) is 24.0 Å². The van der Waals surface area contributed by atoms with E-state index in [-0.39, 0.29) is 5.78 Å². The predicted molar refractivity (Wildman–Crippen MR) is 74.2 cm³/mol. The SMILES string of the molecule is CC(C)(C)OC(=O)NCCCC(=O)c1ccccc1. The number of carbonyl (C=O) groups excluding carboxylic acids is 2. The second-order valence-corrected chi connectivity index (χ2v) is 5.32. The summed E-state index contributed by atoms with van der Waals surface area (Å²) in [6, 6.07) is 9.15. The van der Waals surface area contributed by atoms with Gasteiger partial charge in [0, 0.05) is 18.5 Å². The topological polar surface area (TPSA) is 55.4 Å². The van der Waals surface area contributed by atoms with Gasteiger partial charge in [-0.15, -0.1) is 0 Å². The van der Waals surface area contributed by atoms with Gasteiger partial charge >= 0.3 is 6.09 Å². The molecule has 0 aliphatic rings. The number of Topliss-reactive ketones (excluding diaryl/α,β-unsaturated/α-hetero) is 1. The summed E-state index contributed by atoms with van der Waals surface area (Å²) in [5.41, 5.74) is 0.212. The molecule has 0 aromatic heterocycles. The van der Waals surface area contributed by atoms with E-state index in [1.807, 2.05) is 39.0 Å². The molecule has 0 fully saturated rings. The van der Waals surface area contributed by atoms with Crippen LogP contribution < -0.4 is 5.32 Å². The molecule has 0 heterocycles. The number of benzene rings is 1. The Morgan fingerprint density at radius 1 is 1.16 bits per heavy atom. The monoisotopic (exact) mass is 263 g/mol. The molecule has 0 aliphatic heterocycles. The molecule has 1 aromatic carbocycles. The van der Waals surface area contributed by atoms with Crippen LogP contribution in [0.25, 0.3) is 0 Å². The average Bonchev–Trinajstić information content (AvgIpc) is 2.33. The minimum atomic E-state index is -0.496. The number of hydrogen-bond acceptors (Lipinski definition) is 3. The quantitative estimate of drug-likeness (QED) is 0.655. The highest BCUT2D eigenvalue weighted by Gasteiger charge is 2.15. The van der Waals surface area contributed by atoms with Crippen LogP contribution >= 0.6 is 0 Å². The van der Waals surface area contributed by atoms with Crippen molar-refractivity contribution < 1.29 is 14.3 Å².